The molecular weight excluding hydrogens is 250 g/mol. The van der Waals surface area contributed by atoms with E-state index < -0.39 is 0 Å². The third-order valence-electron chi connectivity index (χ3n) is 3.19. The highest BCUT2D eigenvalue weighted by Crippen LogP contribution is 2.27. The summed E-state index contributed by atoms with van der Waals surface area (Å²) in [5, 5.41) is 3.53. The normalized spacial score (nSPS) is 12.4. The molecule has 1 aromatic carbocycles. The van der Waals surface area contributed by atoms with Gasteiger partial charge in [0.2, 0.25) is 0 Å². The monoisotopic (exact) mass is 273 g/mol. The topological polar surface area (TPSA) is 34.4 Å². The highest BCUT2D eigenvalue weighted by Gasteiger charge is 2.13. The number of anilines is 1. The van der Waals surface area contributed by atoms with Crippen molar-refractivity contribution in [3.05, 3.63) is 47.9 Å². The zero-order chi connectivity index (χ0) is 14.5. The molecule has 1 unspecified atom stereocenters. The van der Waals surface area contributed by atoms with Gasteiger partial charge in [-0.25, -0.2) is 0 Å². The Morgan fingerprint density at radius 1 is 1.25 bits per heavy atom. The molecular formula is C17H23NO2. The number of ether oxygens (including phenoxy) is 1. The van der Waals surface area contributed by atoms with Crippen LogP contribution in [0.25, 0.3) is 0 Å². The summed E-state index contributed by atoms with van der Waals surface area (Å²) in [6.45, 7) is 8.30. The van der Waals surface area contributed by atoms with E-state index in [1.165, 1.54) is 5.56 Å². The van der Waals surface area contributed by atoms with Crippen molar-refractivity contribution in [2.75, 3.05) is 5.32 Å². The van der Waals surface area contributed by atoms with Crippen LogP contribution in [0.2, 0.25) is 0 Å². The summed E-state index contributed by atoms with van der Waals surface area (Å²) in [6, 6.07) is 10.3. The van der Waals surface area contributed by atoms with Crippen LogP contribution < -0.4 is 10.1 Å². The maximum absolute atomic E-state index is 5.71. The van der Waals surface area contributed by atoms with Crippen molar-refractivity contribution in [1.29, 1.82) is 0 Å². The minimum absolute atomic E-state index is 0.194. The first-order valence-electron chi connectivity index (χ1n) is 7.17. The number of furan rings is 1. The predicted octanol–water partition coefficient (Wildman–Crippen LogP) is 4.94. The SMILES string of the molecule is CCC(Nc1ccc(OC(C)C)cc1C)c1ccco1. The van der Waals surface area contributed by atoms with Crippen LogP contribution in [0.4, 0.5) is 5.69 Å². The molecule has 1 heterocycles. The van der Waals surface area contributed by atoms with Crippen molar-refractivity contribution in [3.8, 4) is 5.75 Å². The lowest BCUT2D eigenvalue weighted by molar-refractivity contribution is 0.242. The Kier molecular flexibility index (Phi) is 4.72. The van der Waals surface area contributed by atoms with E-state index in [0.29, 0.717) is 0 Å². The molecule has 1 atom stereocenters. The Morgan fingerprint density at radius 2 is 2.05 bits per heavy atom. The summed E-state index contributed by atoms with van der Waals surface area (Å²) >= 11 is 0. The molecule has 1 N–H and O–H groups in total. The molecule has 2 aromatic rings. The lowest BCUT2D eigenvalue weighted by Crippen LogP contribution is -2.10. The van der Waals surface area contributed by atoms with Crippen LogP contribution in [-0.2, 0) is 0 Å². The molecule has 108 valence electrons. The molecule has 0 saturated carbocycles. The molecule has 0 aliphatic heterocycles. The molecule has 0 saturated heterocycles. The molecule has 0 aliphatic rings. The fourth-order valence-electron chi connectivity index (χ4n) is 2.20. The van der Waals surface area contributed by atoms with Crippen LogP contribution in [0.15, 0.2) is 41.0 Å². The highest BCUT2D eigenvalue weighted by molar-refractivity contribution is 5.54. The van der Waals surface area contributed by atoms with Crippen LogP contribution in [-0.4, -0.2) is 6.10 Å². The van der Waals surface area contributed by atoms with E-state index in [4.69, 9.17) is 9.15 Å². The fraction of sp³-hybridized carbons (Fsp3) is 0.412. The Bertz CT molecular complexity index is 532. The van der Waals surface area contributed by atoms with Gasteiger partial charge >= 0.3 is 0 Å². The molecule has 1 aromatic heterocycles. The highest BCUT2D eigenvalue weighted by atomic mass is 16.5. The van der Waals surface area contributed by atoms with E-state index in [-0.39, 0.29) is 12.1 Å². The first-order valence-corrected chi connectivity index (χ1v) is 7.17. The smallest absolute Gasteiger partial charge is 0.125 e. The van der Waals surface area contributed by atoms with Gasteiger partial charge in [0, 0.05) is 5.69 Å². The second-order valence-corrected chi connectivity index (χ2v) is 5.26. The van der Waals surface area contributed by atoms with Crippen LogP contribution >= 0.6 is 0 Å². The molecule has 0 spiro atoms. The van der Waals surface area contributed by atoms with Gasteiger partial charge in [-0.15, -0.1) is 0 Å². The first-order chi connectivity index (χ1) is 9.60. The van der Waals surface area contributed by atoms with Gasteiger partial charge in [-0.05, 0) is 63.1 Å². The van der Waals surface area contributed by atoms with Gasteiger partial charge in [-0.1, -0.05) is 6.92 Å². The number of hydrogen-bond acceptors (Lipinski definition) is 3. The number of aryl methyl sites for hydroxylation is 1. The average molecular weight is 273 g/mol. The quantitative estimate of drug-likeness (QED) is 0.809. The van der Waals surface area contributed by atoms with Crippen LogP contribution in [0.1, 0.15) is 44.6 Å². The van der Waals surface area contributed by atoms with Crippen LogP contribution in [0.3, 0.4) is 0 Å². The molecule has 2 rings (SSSR count). The van der Waals surface area contributed by atoms with Crippen molar-refractivity contribution >= 4 is 5.69 Å². The summed E-state index contributed by atoms with van der Waals surface area (Å²) in [4.78, 5) is 0. The van der Waals surface area contributed by atoms with Crippen molar-refractivity contribution < 1.29 is 9.15 Å². The van der Waals surface area contributed by atoms with Crippen molar-refractivity contribution in [1.82, 2.24) is 0 Å². The Morgan fingerprint density at radius 3 is 2.60 bits per heavy atom. The molecule has 0 amide bonds. The van der Waals surface area contributed by atoms with E-state index in [2.05, 4.69) is 31.3 Å². The third-order valence-corrected chi connectivity index (χ3v) is 3.19. The van der Waals surface area contributed by atoms with Crippen molar-refractivity contribution in [2.24, 2.45) is 0 Å². The lowest BCUT2D eigenvalue weighted by Gasteiger charge is -2.19. The van der Waals surface area contributed by atoms with Gasteiger partial charge < -0.3 is 14.5 Å². The standard InChI is InChI=1S/C17H23NO2/c1-5-15(17-7-6-10-19-17)18-16-9-8-14(11-13(16)4)20-12(2)3/h6-12,15,18H,5H2,1-4H3. The molecule has 3 heteroatoms. The second-order valence-electron chi connectivity index (χ2n) is 5.26. The minimum Gasteiger partial charge on any atom is -0.491 e. The van der Waals surface area contributed by atoms with Crippen molar-refractivity contribution in [2.45, 2.75) is 46.3 Å². The summed E-state index contributed by atoms with van der Waals surface area (Å²) in [5.41, 5.74) is 2.29. The maximum atomic E-state index is 5.71. The second kappa shape index (κ2) is 6.51. The number of nitrogens with one attached hydrogen (secondary N) is 1. The molecule has 3 nitrogen and oxygen atoms in total. The largest absolute Gasteiger partial charge is 0.491 e. The van der Waals surface area contributed by atoms with Gasteiger partial charge in [0.25, 0.3) is 0 Å². The minimum atomic E-state index is 0.194. The number of hydrogen-bond donors (Lipinski definition) is 1. The van der Waals surface area contributed by atoms with Crippen LogP contribution in [0.5, 0.6) is 5.75 Å². The molecule has 0 radical (unpaired) electrons. The van der Waals surface area contributed by atoms with E-state index in [1.807, 2.05) is 32.0 Å². The summed E-state index contributed by atoms with van der Waals surface area (Å²) in [5.74, 6) is 1.88. The Hall–Kier alpha value is -1.90. The first kappa shape index (κ1) is 14.5. The molecule has 20 heavy (non-hydrogen) atoms. The van der Waals surface area contributed by atoms with E-state index >= 15 is 0 Å². The fourth-order valence-corrected chi connectivity index (χ4v) is 2.20. The number of benzene rings is 1. The summed E-state index contributed by atoms with van der Waals surface area (Å²) in [7, 11) is 0. The Balaban J connectivity index is 2.13. The van der Waals surface area contributed by atoms with Gasteiger partial charge in [-0.2, -0.15) is 0 Å². The predicted molar refractivity (Wildman–Crippen MR) is 82.3 cm³/mol. The van der Waals surface area contributed by atoms with E-state index in [9.17, 15) is 0 Å². The lowest BCUT2D eigenvalue weighted by atomic mass is 10.1. The van der Waals surface area contributed by atoms with Crippen LogP contribution in [0, 0.1) is 6.92 Å². The van der Waals surface area contributed by atoms with Crippen molar-refractivity contribution in [3.63, 3.8) is 0 Å². The van der Waals surface area contributed by atoms with E-state index in [0.717, 1.165) is 23.6 Å². The zero-order valence-electron chi connectivity index (χ0n) is 12.6. The zero-order valence-corrected chi connectivity index (χ0v) is 12.6. The Labute approximate surface area is 121 Å². The molecule has 0 fully saturated rings. The van der Waals surface area contributed by atoms with Gasteiger partial charge in [0.15, 0.2) is 0 Å². The summed E-state index contributed by atoms with van der Waals surface area (Å²) in [6.07, 6.45) is 2.88. The van der Waals surface area contributed by atoms with Gasteiger partial charge in [-0.3, -0.25) is 0 Å². The maximum Gasteiger partial charge on any atom is 0.125 e. The van der Waals surface area contributed by atoms with Gasteiger partial charge in [0.1, 0.15) is 11.5 Å². The van der Waals surface area contributed by atoms with Gasteiger partial charge in [0.05, 0.1) is 18.4 Å². The average Bonchev–Trinajstić information content (AvgIpc) is 2.91. The third kappa shape index (κ3) is 3.56. The van der Waals surface area contributed by atoms with E-state index in [1.54, 1.807) is 6.26 Å². The molecule has 0 bridgehead atoms. The number of rotatable bonds is 6. The summed E-state index contributed by atoms with van der Waals surface area (Å²) < 4.78 is 11.2. The molecule has 0 aliphatic carbocycles.